The minimum absolute atomic E-state index is 0.180. The summed E-state index contributed by atoms with van der Waals surface area (Å²) in [4.78, 5) is 11.6. The van der Waals surface area contributed by atoms with Gasteiger partial charge in [0.15, 0.2) is 0 Å². The zero-order valence-corrected chi connectivity index (χ0v) is 10.3. The molecule has 1 rings (SSSR count). The molecule has 0 bridgehead atoms. The highest BCUT2D eigenvalue weighted by atomic mass is 16.5. The summed E-state index contributed by atoms with van der Waals surface area (Å²) in [5.74, 6) is -0.347. The van der Waals surface area contributed by atoms with E-state index in [1.807, 2.05) is 18.2 Å². The van der Waals surface area contributed by atoms with Gasteiger partial charge in [0.1, 0.15) is 6.61 Å². The number of esters is 1. The molecule has 0 spiro atoms. The second kappa shape index (κ2) is 8.25. The summed E-state index contributed by atoms with van der Waals surface area (Å²) in [5.41, 5.74) is 1.27. The zero-order chi connectivity index (χ0) is 13.2. The Morgan fingerprint density at radius 2 is 2.06 bits per heavy atom. The molecule has 0 unspecified atom stereocenters. The molecule has 0 radical (unpaired) electrons. The Hall–Kier alpha value is -1.87. The highest BCUT2D eigenvalue weighted by molar-refractivity contribution is 5.89. The SMILES string of the molecule is C=C(/C=C/CCCO)COC(=O)c1ccccc1. The van der Waals surface area contributed by atoms with Crippen molar-refractivity contribution >= 4 is 5.97 Å². The summed E-state index contributed by atoms with van der Waals surface area (Å²) < 4.78 is 5.11. The number of hydrogen-bond acceptors (Lipinski definition) is 3. The summed E-state index contributed by atoms with van der Waals surface area (Å²) in [6, 6.07) is 8.85. The number of carbonyl (C=O) groups excluding carboxylic acids is 1. The van der Waals surface area contributed by atoms with Gasteiger partial charge >= 0.3 is 5.97 Å². The van der Waals surface area contributed by atoms with Gasteiger partial charge in [0.05, 0.1) is 5.56 Å². The third-order valence-electron chi connectivity index (χ3n) is 2.28. The lowest BCUT2D eigenvalue weighted by atomic mass is 10.2. The molecular weight excluding hydrogens is 228 g/mol. The molecule has 0 amide bonds. The molecule has 3 heteroatoms. The van der Waals surface area contributed by atoms with Gasteiger partial charge in [-0.1, -0.05) is 36.9 Å². The Balaban J connectivity index is 2.30. The Morgan fingerprint density at radius 1 is 1.33 bits per heavy atom. The van der Waals surface area contributed by atoms with Gasteiger partial charge in [0.25, 0.3) is 0 Å². The van der Waals surface area contributed by atoms with Gasteiger partial charge in [-0.15, -0.1) is 0 Å². The number of aliphatic hydroxyl groups excluding tert-OH is 1. The van der Waals surface area contributed by atoms with E-state index in [2.05, 4.69) is 6.58 Å². The molecule has 1 aromatic carbocycles. The Morgan fingerprint density at radius 3 is 2.72 bits per heavy atom. The van der Waals surface area contributed by atoms with Crippen molar-refractivity contribution in [3.05, 3.63) is 60.2 Å². The van der Waals surface area contributed by atoms with Crippen LogP contribution < -0.4 is 0 Å². The molecule has 3 nitrogen and oxygen atoms in total. The lowest BCUT2D eigenvalue weighted by molar-refractivity contribution is 0.0543. The topological polar surface area (TPSA) is 46.5 Å². The summed E-state index contributed by atoms with van der Waals surface area (Å²) in [6.07, 6.45) is 5.25. The van der Waals surface area contributed by atoms with Crippen LogP contribution in [0.4, 0.5) is 0 Å². The molecule has 96 valence electrons. The monoisotopic (exact) mass is 246 g/mol. The first-order valence-corrected chi connectivity index (χ1v) is 5.91. The predicted molar refractivity (Wildman–Crippen MR) is 71.3 cm³/mol. The molecule has 0 aliphatic carbocycles. The normalized spacial score (nSPS) is 10.5. The molecule has 0 atom stereocenters. The fourth-order valence-electron chi connectivity index (χ4n) is 1.32. The first-order chi connectivity index (χ1) is 8.74. The number of rotatable bonds is 7. The van der Waals surface area contributed by atoms with Gasteiger partial charge < -0.3 is 9.84 Å². The number of benzene rings is 1. The molecule has 0 heterocycles. The van der Waals surface area contributed by atoms with E-state index in [1.165, 1.54) is 0 Å². The van der Waals surface area contributed by atoms with Crippen molar-refractivity contribution in [2.45, 2.75) is 12.8 Å². The van der Waals surface area contributed by atoms with Crippen LogP contribution in [0.25, 0.3) is 0 Å². The van der Waals surface area contributed by atoms with Gasteiger partial charge in [-0.25, -0.2) is 4.79 Å². The van der Waals surface area contributed by atoms with Gasteiger partial charge in [-0.2, -0.15) is 0 Å². The van der Waals surface area contributed by atoms with Crippen LogP contribution in [0.15, 0.2) is 54.6 Å². The molecule has 1 N–H and O–H groups in total. The van der Waals surface area contributed by atoms with Crippen molar-refractivity contribution in [1.29, 1.82) is 0 Å². The second-order valence-corrected chi connectivity index (χ2v) is 3.87. The number of ether oxygens (including phenoxy) is 1. The van der Waals surface area contributed by atoms with E-state index in [1.54, 1.807) is 24.3 Å². The highest BCUT2D eigenvalue weighted by Gasteiger charge is 2.05. The van der Waals surface area contributed by atoms with Crippen molar-refractivity contribution in [3.63, 3.8) is 0 Å². The Bertz CT molecular complexity index is 407. The van der Waals surface area contributed by atoms with Crippen molar-refractivity contribution in [2.75, 3.05) is 13.2 Å². The lowest BCUT2D eigenvalue weighted by Crippen LogP contribution is -2.06. The van der Waals surface area contributed by atoms with Crippen LogP contribution in [0.2, 0.25) is 0 Å². The average molecular weight is 246 g/mol. The lowest BCUT2D eigenvalue weighted by Gasteiger charge is -2.04. The summed E-state index contributed by atoms with van der Waals surface area (Å²) in [5, 5.41) is 8.61. The third-order valence-corrected chi connectivity index (χ3v) is 2.28. The molecule has 0 aliphatic rings. The van der Waals surface area contributed by atoms with E-state index in [-0.39, 0.29) is 19.2 Å². The maximum Gasteiger partial charge on any atom is 0.338 e. The van der Waals surface area contributed by atoms with E-state index in [4.69, 9.17) is 9.84 Å². The number of hydrogen-bond donors (Lipinski definition) is 1. The molecule has 0 aromatic heterocycles. The third kappa shape index (κ3) is 5.46. The minimum Gasteiger partial charge on any atom is -0.457 e. The number of allylic oxidation sites excluding steroid dienone is 1. The van der Waals surface area contributed by atoms with Gasteiger partial charge in [0, 0.05) is 6.61 Å². The molecule has 1 aromatic rings. The smallest absolute Gasteiger partial charge is 0.338 e. The molecule has 0 aliphatic heterocycles. The molecular formula is C15H18O3. The Kier molecular flexibility index (Phi) is 6.51. The van der Waals surface area contributed by atoms with Crippen molar-refractivity contribution in [3.8, 4) is 0 Å². The highest BCUT2D eigenvalue weighted by Crippen LogP contribution is 2.04. The standard InChI is InChI=1S/C15H18O3/c1-13(8-4-3-7-11-16)12-18-15(17)14-9-5-2-6-10-14/h2,4-6,8-10,16H,1,3,7,11-12H2/b8-4+. The first-order valence-electron chi connectivity index (χ1n) is 5.91. The maximum atomic E-state index is 11.6. The summed E-state index contributed by atoms with van der Waals surface area (Å²) in [6.45, 7) is 4.16. The van der Waals surface area contributed by atoms with Crippen LogP contribution in [0.5, 0.6) is 0 Å². The largest absolute Gasteiger partial charge is 0.457 e. The van der Waals surface area contributed by atoms with E-state index in [0.717, 1.165) is 18.4 Å². The number of unbranched alkanes of at least 4 members (excludes halogenated alkanes) is 1. The van der Waals surface area contributed by atoms with Crippen molar-refractivity contribution in [1.82, 2.24) is 0 Å². The van der Waals surface area contributed by atoms with Crippen molar-refractivity contribution in [2.24, 2.45) is 0 Å². The fraction of sp³-hybridized carbons (Fsp3) is 0.267. The number of aliphatic hydroxyl groups is 1. The quantitative estimate of drug-likeness (QED) is 0.457. The summed E-state index contributed by atoms with van der Waals surface area (Å²) in [7, 11) is 0. The molecule has 0 saturated heterocycles. The van der Waals surface area contributed by atoms with Gasteiger partial charge in [-0.3, -0.25) is 0 Å². The van der Waals surface area contributed by atoms with Gasteiger partial charge in [0.2, 0.25) is 0 Å². The second-order valence-electron chi connectivity index (χ2n) is 3.87. The van der Waals surface area contributed by atoms with Crippen LogP contribution in [-0.4, -0.2) is 24.3 Å². The first kappa shape index (κ1) is 14.2. The number of carbonyl (C=O) groups is 1. The zero-order valence-electron chi connectivity index (χ0n) is 10.3. The predicted octanol–water partition coefficient (Wildman–Crippen LogP) is 2.73. The van der Waals surface area contributed by atoms with E-state index in [0.29, 0.717) is 5.56 Å². The molecule has 18 heavy (non-hydrogen) atoms. The van der Waals surface area contributed by atoms with Crippen LogP contribution >= 0.6 is 0 Å². The molecule has 0 fully saturated rings. The van der Waals surface area contributed by atoms with Crippen LogP contribution in [-0.2, 0) is 4.74 Å². The van der Waals surface area contributed by atoms with E-state index >= 15 is 0 Å². The minimum atomic E-state index is -0.347. The van der Waals surface area contributed by atoms with Gasteiger partial charge in [-0.05, 0) is 30.5 Å². The van der Waals surface area contributed by atoms with Crippen LogP contribution in [0.1, 0.15) is 23.2 Å². The average Bonchev–Trinajstić information content (AvgIpc) is 2.42. The van der Waals surface area contributed by atoms with Crippen molar-refractivity contribution < 1.29 is 14.6 Å². The van der Waals surface area contributed by atoms with Crippen LogP contribution in [0, 0.1) is 0 Å². The fourth-order valence-corrected chi connectivity index (χ4v) is 1.32. The maximum absolute atomic E-state index is 11.6. The molecule has 0 saturated carbocycles. The van der Waals surface area contributed by atoms with Crippen LogP contribution in [0.3, 0.4) is 0 Å². The Labute approximate surface area is 107 Å². The van der Waals surface area contributed by atoms with E-state index in [9.17, 15) is 4.79 Å². The van der Waals surface area contributed by atoms with E-state index < -0.39 is 0 Å². The summed E-state index contributed by atoms with van der Waals surface area (Å²) >= 11 is 0.